The summed E-state index contributed by atoms with van der Waals surface area (Å²) in [4.78, 5) is 26.2. The summed E-state index contributed by atoms with van der Waals surface area (Å²) in [7, 11) is 0. The lowest BCUT2D eigenvalue weighted by Crippen LogP contribution is -2.29. The van der Waals surface area contributed by atoms with Gasteiger partial charge in [0.2, 0.25) is 12.2 Å². The second kappa shape index (κ2) is 6.26. The topological polar surface area (TPSA) is 68.1 Å². The Morgan fingerprint density at radius 3 is 2.38 bits per heavy atom. The standard InChI is InChI=1S/C8H12N2O3/c1-8(2,5-10-7-12)13-4-3-9-6-11/h3-5H2,1-2H3. The lowest BCUT2D eigenvalue weighted by molar-refractivity contribution is -0.00513. The van der Waals surface area contributed by atoms with Crippen LogP contribution in [0.5, 0.6) is 0 Å². The van der Waals surface area contributed by atoms with Gasteiger partial charge >= 0.3 is 0 Å². The van der Waals surface area contributed by atoms with E-state index in [0.717, 1.165) is 0 Å². The predicted octanol–water partition coefficient (Wildman–Crippen LogP) is 0.453. The first-order valence-electron chi connectivity index (χ1n) is 3.83. The molecule has 0 rings (SSSR count). The van der Waals surface area contributed by atoms with Gasteiger partial charge in [-0.1, -0.05) is 0 Å². The predicted molar refractivity (Wildman–Crippen MR) is 46.0 cm³/mol. The molecular weight excluding hydrogens is 172 g/mol. The summed E-state index contributed by atoms with van der Waals surface area (Å²) in [5.41, 5.74) is -0.518. The highest BCUT2D eigenvalue weighted by Crippen LogP contribution is 2.08. The maximum absolute atomic E-state index is 9.81. The molecule has 0 fully saturated rings. The van der Waals surface area contributed by atoms with Gasteiger partial charge in [-0.3, -0.25) is 0 Å². The van der Waals surface area contributed by atoms with E-state index < -0.39 is 5.60 Å². The average molecular weight is 184 g/mol. The van der Waals surface area contributed by atoms with E-state index in [2.05, 4.69) is 9.98 Å². The highest BCUT2D eigenvalue weighted by Gasteiger charge is 2.16. The van der Waals surface area contributed by atoms with Crippen molar-refractivity contribution in [2.45, 2.75) is 19.4 Å². The Hall–Kier alpha value is -1.28. The first kappa shape index (κ1) is 11.7. The molecule has 0 aliphatic rings. The van der Waals surface area contributed by atoms with Gasteiger partial charge < -0.3 is 4.74 Å². The summed E-state index contributed by atoms with van der Waals surface area (Å²) < 4.78 is 5.29. The Labute approximate surface area is 76.5 Å². The van der Waals surface area contributed by atoms with Crippen molar-refractivity contribution in [3.05, 3.63) is 0 Å². The zero-order chi connectivity index (χ0) is 10.2. The molecule has 72 valence electrons. The zero-order valence-corrected chi connectivity index (χ0v) is 7.74. The molecule has 0 spiro atoms. The second-order valence-electron chi connectivity index (χ2n) is 2.99. The number of carbonyl (C=O) groups excluding carboxylic acids is 2. The number of hydrogen-bond acceptors (Lipinski definition) is 5. The van der Waals surface area contributed by atoms with Crippen molar-refractivity contribution in [1.29, 1.82) is 0 Å². The summed E-state index contributed by atoms with van der Waals surface area (Å²) in [5.74, 6) is 0. The van der Waals surface area contributed by atoms with E-state index in [9.17, 15) is 9.59 Å². The maximum Gasteiger partial charge on any atom is 0.235 e. The van der Waals surface area contributed by atoms with Crippen molar-refractivity contribution in [2.75, 3.05) is 19.7 Å². The van der Waals surface area contributed by atoms with Crippen molar-refractivity contribution in [3.63, 3.8) is 0 Å². The van der Waals surface area contributed by atoms with Gasteiger partial charge in [-0.05, 0) is 13.8 Å². The molecule has 13 heavy (non-hydrogen) atoms. The Morgan fingerprint density at radius 2 is 1.85 bits per heavy atom. The third-order valence-corrected chi connectivity index (χ3v) is 1.28. The van der Waals surface area contributed by atoms with E-state index in [1.165, 1.54) is 12.2 Å². The van der Waals surface area contributed by atoms with Gasteiger partial charge in [-0.2, -0.15) is 0 Å². The van der Waals surface area contributed by atoms with Crippen molar-refractivity contribution < 1.29 is 14.3 Å². The van der Waals surface area contributed by atoms with E-state index in [-0.39, 0.29) is 13.1 Å². The van der Waals surface area contributed by atoms with Crippen LogP contribution in [0.4, 0.5) is 0 Å². The largest absolute Gasteiger partial charge is 0.372 e. The molecule has 0 heterocycles. The number of rotatable bonds is 6. The number of hydrogen-bond donors (Lipinski definition) is 0. The molecule has 0 amide bonds. The summed E-state index contributed by atoms with van der Waals surface area (Å²) in [6.07, 6.45) is 2.84. The molecule has 0 saturated heterocycles. The summed E-state index contributed by atoms with van der Waals surface area (Å²) in [6, 6.07) is 0. The van der Waals surface area contributed by atoms with Crippen LogP contribution >= 0.6 is 0 Å². The number of nitrogens with zero attached hydrogens (tertiary/aromatic N) is 2. The lowest BCUT2D eigenvalue weighted by Gasteiger charge is -2.21. The Morgan fingerprint density at radius 1 is 1.23 bits per heavy atom. The molecule has 0 aromatic rings. The van der Waals surface area contributed by atoms with E-state index in [1.54, 1.807) is 13.8 Å². The SMILES string of the molecule is CC(C)(CN=C=O)OCCN=C=O. The summed E-state index contributed by atoms with van der Waals surface area (Å²) in [6.45, 7) is 4.42. The Kier molecular flexibility index (Phi) is 5.64. The Balaban J connectivity index is 3.73. The van der Waals surface area contributed by atoms with Crippen LogP contribution in [0, 0.1) is 0 Å². The molecule has 0 aliphatic carbocycles. The van der Waals surface area contributed by atoms with Crippen LogP contribution in [0.3, 0.4) is 0 Å². The molecule has 0 atom stereocenters. The first-order valence-corrected chi connectivity index (χ1v) is 3.83. The number of ether oxygens (including phenoxy) is 1. The van der Waals surface area contributed by atoms with Crippen molar-refractivity contribution in [1.82, 2.24) is 0 Å². The van der Waals surface area contributed by atoms with Crippen LogP contribution in [0.2, 0.25) is 0 Å². The van der Waals surface area contributed by atoms with Gasteiger partial charge in [-0.25, -0.2) is 19.6 Å². The van der Waals surface area contributed by atoms with Gasteiger partial charge in [0.15, 0.2) is 0 Å². The number of aliphatic imine (C=N–C) groups is 2. The molecule has 0 aliphatic heterocycles. The van der Waals surface area contributed by atoms with E-state index in [1.807, 2.05) is 0 Å². The molecule has 5 nitrogen and oxygen atoms in total. The fourth-order valence-electron chi connectivity index (χ4n) is 0.682. The van der Waals surface area contributed by atoms with Gasteiger partial charge in [0, 0.05) is 0 Å². The van der Waals surface area contributed by atoms with Gasteiger partial charge in [-0.15, -0.1) is 0 Å². The third kappa shape index (κ3) is 7.09. The minimum Gasteiger partial charge on any atom is -0.372 e. The molecule has 0 N–H and O–H groups in total. The summed E-state index contributed by atoms with van der Waals surface area (Å²) >= 11 is 0. The van der Waals surface area contributed by atoms with Crippen LogP contribution in [0.1, 0.15) is 13.8 Å². The van der Waals surface area contributed by atoms with Gasteiger partial charge in [0.05, 0.1) is 25.3 Å². The van der Waals surface area contributed by atoms with Crippen LogP contribution in [0.15, 0.2) is 9.98 Å². The minimum atomic E-state index is -0.518. The molecule has 0 aromatic heterocycles. The quantitative estimate of drug-likeness (QED) is 0.342. The zero-order valence-electron chi connectivity index (χ0n) is 7.74. The first-order chi connectivity index (χ1) is 6.12. The highest BCUT2D eigenvalue weighted by molar-refractivity contribution is 5.33. The van der Waals surface area contributed by atoms with Crippen LogP contribution < -0.4 is 0 Å². The second-order valence-corrected chi connectivity index (χ2v) is 2.99. The van der Waals surface area contributed by atoms with E-state index in [4.69, 9.17) is 4.74 Å². The minimum absolute atomic E-state index is 0.251. The molecule has 5 heteroatoms. The fourth-order valence-corrected chi connectivity index (χ4v) is 0.682. The number of isocyanates is 2. The van der Waals surface area contributed by atoms with Gasteiger partial charge in [0.25, 0.3) is 0 Å². The van der Waals surface area contributed by atoms with Crippen molar-refractivity contribution in [3.8, 4) is 0 Å². The molecular formula is C8H12N2O3. The van der Waals surface area contributed by atoms with Crippen LogP contribution in [-0.4, -0.2) is 37.5 Å². The molecule has 0 aromatic carbocycles. The van der Waals surface area contributed by atoms with Gasteiger partial charge in [0.1, 0.15) is 0 Å². The summed E-state index contributed by atoms with van der Waals surface area (Å²) in [5, 5.41) is 0. The smallest absolute Gasteiger partial charge is 0.235 e. The van der Waals surface area contributed by atoms with Crippen molar-refractivity contribution in [2.24, 2.45) is 9.98 Å². The molecule has 0 saturated carbocycles. The van der Waals surface area contributed by atoms with Crippen LogP contribution in [-0.2, 0) is 14.3 Å². The lowest BCUT2D eigenvalue weighted by atomic mass is 10.1. The van der Waals surface area contributed by atoms with E-state index >= 15 is 0 Å². The fraction of sp³-hybridized carbons (Fsp3) is 0.750. The highest BCUT2D eigenvalue weighted by atomic mass is 16.5. The van der Waals surface area contributed by atoms with Crippen LogP contribution in [0.25, 0.3) is 0 Å². The average Bonchev–Trinajstić information content (AvgIpc) is 2.09. The van der Waals surface area contributed by atoms with Crippen molar-refractivity contribution >= 4 is 12.2 Å². The molecule has 0 radical (unpaired) electrons. The maximum atomic E-state index is 9.81. The third-order valence-electron chi connectivity index (χ3n) is 1.28. The normalized spacial score (nSPS) is 10.0. The molecule has 0 bridgehead atoms. The van der Waals surface area contributed by atoms with E-state index in [0.29, 0.717) is 6.61 Å². The Bertz CT molecular complexity index is 238. The monoisotopic (exact) mass is 184 g/mol. The molecule has 0 unspecified atom stereocenters.